The molecular formula is C13H15FN2. The summed E-state index contributed by atoms with van der Waals surface area (Å²) < 4.78 is 13.4. The molecule has 2 rings (SSSR count). The zero-order valence-corrected chi connectivity index (χ0v) is 9.41. The fourth-order valence-electron chi connectivity index (χ4n) is 2.10. The zero-order chi connectivity index (χ0) is 11.5. The van der Waals surface area contributed by atoms with Gasteiger partial charge >= 0.3 is 0 Å². The minimum absolute atomic E-state index is 0.157. The molecule has 1 aliphatic rings. The van der Waals surface area contributed by atoms with Crippen LogP contribution in [0.15, 0.2) is 18.2 Å². The zero-order valence-electron chi connectivity index (χ0n) is 9.41. The third-order valence-corrected chi connectivity index (χ3v) is 3.27. The average molecular weight is 218 g/mol. The summed E-state index contributed by atoms with van der Waals surface area (Å²) in [4.78, 5) is 1.99. The van der Waals surface area contributed by atoms with Gasteiger partial charge in [-0.25, -0.2) is 4.39 Å². The Kier molecular flexibility index (Phi) is 3.09. The van der Waals surface area contributed by atoms with Crippen molar-refractivity contribution in [2.75, 3.05) is 18.5 Å². The molecule has 0 spiro atoms. The first-order valence-electron chi connectivity index (χ1n) is 5.62. The van der Waals surface area contributed by atoms with Crippen molar-refractivity contribution in [3.63, 3.8) is 0 Å². The molecule has 0 N–H and O–H groups in total. The van der Waals surface area contributed by atoms with Gasteiger partial charge in [0.05, 0.1) is 5.69 Å². The molecule has 0 heterocycles. The van der Waals surface area contributed by atoms with Gasteiger partial charge in [-0.15, -0.1) is 0 Å². The number of hydrogen-bond donors (Lipinski definition) is 0. The van der Waals surface area contributed by atoms with Gasteiger partial charge in [-0.3, -0.25) is 0 Å². The van der Waals surface area contributed by atoms with E-state index in [0.29, 0.717) is 11.6 Å². The van der Waals surface area contributed by atoms with Crippen LogP contribution in [0.2, 0.25) is 0 Å². The van der Waals surface area contributed by atoms with Crippen LogP contribution in [0.1, 0.15) is 24.8 Å². The van der Waals surface area contributed by atoms with Gasteiger partial charge in [0.1, 0.15) is 17.4 Å². The van der Waals surface area contributed by atoms with Crippen LogP contribution in [0.25, 0.3) is 0 Å². The Balaban J connectivity index is 2.18. The summed E-state index contributed by atoms with van der Waals surface area (Å²) in [6.45, 7) is 0.915. The number of halogens is 1. The van der Waals surface area contributed by atoms with Gasteiger partial charge in [-0.1, -0.05) is 12.5 Å². The highest BCUT2D eigenvalue weighted by molar-refractivity contribution is 5.59. The molecule has 0 saturated heterocycles. The van der Waals surface area contributed by atoms with E-state index in [-0.39, 0.29) is 5.56 Å². The Labute approximate surface area is 95.3 Å². The molecule has 0 unspecified atom stereocenters. The molecule has 0 bridgehead atoms. The molecule has 0 atom stereocenters. The summed E-state index contributed by atoms with van der Waals surface area (Å²) >= 11 is 0. The van der Waals surface area contributed by atoms with Crippen molar-refractivity contribution in [1.29, 1.82) is 5.26 Å². The lowest BCUT2D eigenvalue weighted by Crippen LogP contribution is -2.29. The molecule has 1 aromatic carbocycles. The smallest absolute Gasteiger partial charge is 0.143 e. The van der Waals surface area contributed by atoms with E-state index in [4.69, 9.17) is 5.26 Å². The topological polar surface area (TPSA) is 27.0 Å². The Morgan fingerprint density at radius 1 is 1.50 bits per heavy atom. The van der Waals surface area contributed by atoms with Crippen LogP contribution in [0.3, 0.4) is 0 Å². The summed E-state index contributed by atoms with van der Waals surface area (Å²) in [5.74, 6) is 0.278. The van der Waals surface area contributed by atoms with Crippen molar-refractivity contribution in [3.8, 4) is 6.07 Å². The van der Waals surface area contributed by atoms with Gasteiger partial charge in [-0.2, -0.15) is 5.26 Å². The predicted octanol–water partition coefficient (Wildman–Crippen LogP) is 2.93. The van der Waals surface area contributed by atoms with Crippen molar-refractivity contribution < 1.29 is 4.39 Å². The highest BCUT2D eigenvalue weighted by atomic mass is 19.1. The summed E-state index contributed by atoms with van der Waals surface area (Å²) in [5.41, 5.74) is 0.860. The number of nitriles is 1. The molecule has 0 radical (unpaired) electrons. The number of rotatable bonds is 3. The van der Waals surface area contributed by atoms with Crippen LogP contribution >= 0.6 is 0 Å². The van der Waals surface area contributed by atoms with Crippen LogP contribution in [0, 0.1) is 23.1 Å². The highest BCUT2D eigenvalue weighted by Gasteiger charge is 2.20. The third kappa shape index (κ3) is 2.01. The summed E-state index contributed by atoms with van der Waals surface area (Å²) in [7, 11) is 1.92. The molecular weight excluding hydrogens is 203 g/mol. The van der Waals surface area contributed by atoms with Crippen molar-refractivity contribution in [2.45, 2.75) is 19.3 Å². The van der Waals surface area contributed by atoms with Crippen molar-refractivity contribution in [3.05, 3.63) is 29.6 Å². The minimum atomic E-state index is -0.430. The van der Waals surface area contributed by atoms with E-state index in [9.17, 15) is 4.39 Å². The van der Waals surface area contributed by atoms with Crippen molar-refractivity contribution >= 4 is 5.69 Å². The van der Waals surface area contributed by atoms with Crippen LogP contribution in [-0.2, 0) is 0 Å². The summed E-state index contributed by atoms with van der Waals surface area (Å²) in [6, 6.07) is 6.73. The van der Waals surface area contributed by atoms with Gasteiger partial charge < -0.3 is 4.90 Å². The van der Waals surface area contributed by atoms with Crippen LogP contribution < -0.4 is 4.90 Å². The number of benzene rings is 1. The van der Waals surface area contributed by atoms with E-state index in [2.05, 4.69) is 0 Å². The van der Waals surface area contributed by atoms with E-state index < -0.39 is 5.82 Å². The van der Waals surface area contributed by atoms with Crippen LogP contribution in [0.5, 0.6) is 0 Å². The Morgan fingerprint density at radius 2 is 2.25 bits per heavy atom. The van der Waals surface area contributed by atoms with Crippen molar-refractivity contribution in [1.82, 2.24) is 0 Å². The highest BCUT2D eigenvalue weighted by Crippen LogP contribution is 2.29. The number of anilines is 1. The van der Waals surface area contributed by atoms with E-state index in [1.807, 2.05) is 18.0 Å². The number of nitrogens with zero attached hydrogens (tertiary/aromatic N) is 2. The second kappa shape index (κ2) is 4.52. The van der Waals surface area contributed by atoms with E-state index in [1.165, 1.54) is 25.3 Å². The monoisotopic (exact) mass is 218 g/mol. The molecule has 0 aromatic heterocycles. The van der Waals surface area contributed by atoms with Crippen LogP contribution in [0.4, 0.5) is 10.1 Å². The SMILES string of the molecule is CN(CC1CCC1)c1cccc(F)c1C#N. The molecule has 84 valence electrons. The molecule has 3 heteroatoms. The lowest BCUT2D eigenvalue weighted by molar-refractivity contribution is 0.321. The predicted molar refractivity (Wildman–Crippen MR) is 61.7 cm³/mol. The lowest BCUT2D eigenvalue weighted by Gasteiger charge is -2.31. The molecule has 1 aromatic rings. The Hall–Kier alpha value is -1.56. The molecule has 1 saturated carbocycles. The van der Waals surface area contributed by atoms with E-state index >= 15 is 0 Å². The molecule has 16 heavy (non-hydrogen) atoms. The van der Waals surface area contributed by atoms with Crippen LogP contribution in [-0.4, -0.2) is 13.6 Å². The van der Waals surface area contributed by atoms with E-state index in [0.717, 1.165) is 6.54 Å². The maximum Gasteiger partial charge on any atom is 0.143 e. The lowest BCUT2D eigenvalue weighted by atomic mass is 9.85. The second-order valence-electron chi connectivity index (χ2n) is 4.42. The minimum Gasteiger partial charge on any atom is -0.373 e. The largest absolute Gasteiger partial charge is 0.373 e. The first-order valence-corrected chi connectivity index (χ1v) is 5.62. The van der Waals surface area contributed by atoms with Gasteiger partial charge in [0, 0.05) is 13.6 Å². The standard InChI is InChI=1S/C13H15FN2/c1-16(9-10-4-2-5-10)13-7-3-6-12(14)11(13)8-15/h3,6-7,10H,2,4-5,9H2,1H3. The number of hydrogen-bond acceptors (Lipinski definition) is 2. The fraction of sp³-hybridized carbons (Fsp3) is 0.462. The Bertz CT molecular complexity index is 418. The van der Waals surface area contributed by atoms with Gasteiger partial charge in [-0.05, 0) is 30.9 Å². The molecule has 0 aliphatic heterocycles. The molecule has 2 nitrogen and oxygen atoms in total. The van der Waals surface area contributed by atoms with Gasteiger partial charge in [0.15, 0.2) is 0 Å². The maximum absolute atomic E-state index is 13.4. The summed E-state index contributed by atoms with van der Waals surface area (Å²) in [6.07, 6.45) is 3.80. The second-order valence-corrected chi connectivity index (χ2v) is 4.42. The first kappa shape index (κ1) is 10.9. The molecule has 0 amide bonds. The molecule has 1 fully saturated rings. The molecule has 1 aliphatic carbocycles. The fourth-order valence-corrected chi connectivity index (χ4v) is 2.10. The van der Waals surface area contributed by atoms with Crippen molar-refractivity contribution in [2.24, 2.45) is 5.92 Å². The third-order valence-electron chi connectivity index (χ3n) is 3.27. The normalized spacial score (nSPS) is 15.3. The van der Waals surface area contributed by atoms with Gasteiger partial charge in [0.25, 0.3) is 0 Å². The quantitative estimate of drug-likeness (QED) is 0.780. The maximum atomic E-state index is 13.4. The Morgan fingerprint density at radius 3 is 2.81 bits per heavy atom. The van der Waals surface area contributed by atoms with E-state index in [1.54, 1.807) is 12.1 Å². The van der Waals surface area contributed by atoms with Gasteiger partial charge in [0.2, 0.25) is 0 Å². The summed E-state index contributed by atoms with van der Waals surface area (Å²) in [5, 5.41) is 8.94. The average Bonchev–Trinajstić information content (AvgIpc) is 2.22. The first-order chi connectivity index (χ1) is 7.72.